The van der Waals surface area contributed by atoms with Gasteiger partial charge < -0.3 is 10.2 Å². The van der Waals surface area contributed by atoms with Crippen molar-refractivity contribution in [3.05, 3.63) is 35.4 Å². The summed E-state index contributed by atoms with van der Waals surface area (Å²) in [6, 6.07) is 8.44. The topological polar surface area (TPSA) is 49.4 Å². The van der Waals surface area contributed by atoms with Gasteiger partial charge in [-0.1, -0.05) is 24.3 Å². The summed E-state index contributed by atoms with van der Waals surface area (Å²) in [7, 11) is 0. The van der Waals surface area contributed by atoms with E-state index in [9.17, 15) is 9.59 Å². The normalized spacial score (nSPS) is 15.8. The van der Waals surface area contributed by atoms with Crippen LogP contribution in [0.25, 0.3) is 0 Å². The summed E-state index contributed by atoms with van der Waals surface area (Å²) < 4.78 is 0. The number of rotatable bonds is 4. The number of hydrogen-bond acceptors (Lipinski definition) is 2. The molecule has 4 nitrogen and oxygen atoms in total. The minimum atomic E-state index is 0.0133. The average molecular weight is 288 g/mol. The molecule has 0 atom stereocenters. The predicted molar refractivity (Wildman–Crippen MR) is 82.9 cm³/mol. The van der Waals surface area contributed by atoms with Gasteiger partial charge in [0.2, 0.25) is 11.8 Å². The molecule has 4 heteroatoms. The first-order valence-corrected chi connectivity index (χ1v) is 7.65. The summed E-state index contributed by atoms with van der Waals surface area (Å²) in [6.07, 6.45) is 3.08. The third-order valence-electron chi connectivity index (χ3n) is 4.12. The standard InChI is InChI=1S/C17H24N2O2/c1-13-5-3-4-6-15(13)7-8-17(21)19-11-9-16(10-12-19)18-14(2)20/h3-6,16H,7-12H2,1-2H3,(H,18,20). The Morgan fingerprint density at radius 3 is 2.52 bits per heavy atom. The van der Waals surface area contributed by atoms with Gasteiger partial charge >= 0.3 is 0 Å². The molecular formula is C17H24N2O2. The monoisotopic (exact) mass is 288 g/mol. The molecule has 1 N–H and O–H groups in total. The van der Waals surface area contributed by atoms with E-state index in [1.54, 1.807) is 6.92 Å². The van der Waals surface area contributed by atoms with Crippen molar-refractivity contribution in [2.45, 2.75) is 45.6 Å². The molecule has 1 saturated heterocycles. The van der Waals surface area contributed by atoms with E-state index in [0.29, 0.717) is 6.42 Å². The first-order chi connectivity index (χ1) is 10.1. The number of nitrogens with zero attached hydrogens (tertiary/aromatic N) is 1. The highest BCUT2D eigenvalue weighted by molar-refractivity contribution is 5.77. The van der Waals surface area contributed by atoms with Gasteiger partial charge in [-0.05, 0) is 37.3 Å². The minimum absolute atomic E-state index is 0.0133. The van der Waals surface area contributed by atoms with Crippen LogP contribution in [0.3, 0.4) is 0 Å². The van der Waals surface area contributed by atoms with E-state index in [4.69, 9.17) is 0 Å². The number of aryl methyl sites for hydroxylation is 2. The van der Waals surface area contributed by atoms with E-state index in [0.717, 1.165) is 32.4 Å². The molecule has 2 amide bonds. The molecular weight excluding hydrogens is 264 g/mol. The van der Waals surface area contributed by atoms with Crippen molar-refractivity contribution in [2.75, 3.05) is 13.1 Å². The lowest BCUT2D eigenvalue weighted by molar-refractivity contribution is -0.132. The van der Waals surface area contributed by atoms with Crippen LogP contribution in [0, 0.1) is 6.92 Å². The summed E-state index contributed by atoms with van der Waals surface area (Å²) in [5, 5.41) is 2.93. The molecule has 1 aliphatic heterocycles. The molecule has 0 saturated carbocycles. The van der Waals surface area contributed by atoms with Crippen LogP contribution in [-0.2, 0) is 16.0 Å². The van der Waals surface area contributed by atoms with Crippen LogP contribution in [-0.4, -0.2) is 35.8 Å². The number of piperidine rings is 1. The van der Waals surface area contributed by atoms with Crippen LogP contribution in [0.2, 0.25) is 0 Å². The van der Waals surface area contributed by atoms with Crippen molar-refractivity contribution < 1.29 is 9.59 Å². The second kappa shape index (κ2) is 7.25. The highest BCUT2D eigenvalue weighted by atomic mass is 16.2. The quantitative estimate of drug-likeness (QED) is 0.922. The zero-order chi connectivity index (χ0) is 15.2. The van der Waals surface area contributed by atoms with Crippen LogP contribution in [0.15, 0.2) is 24.3 Å². The maximum atomic E-state index is 12.3. The first kappa shape index (κ1) is 15.5. The molecule has 1 aromatic rings. The summed E-state index contributed by atoms with van der Waals surface area (Å²) in [4.78, 5) is 25.2. The Balaban J connectivity index is 1.77. The smallest absolute Gasteiger partial charge is 0.222 e. The molecule has 1 fully saturated rings. The zero-order valence-corrected chi connectivity index (χ0v) is 12.9. The van der Waals surface area contributed by atoms with E-state index in [1.807, 2.05) is 17.0 Å². The van der Waals surface area contributed by atoms with Gasteiger partial charge in [0.1, 0.15) is 0 Å². The Labute approximate surface area is 126 Å². The Morgan fingerprint density at radius 2 is 1.90 bits per heavy atom. The number of amides is 2. The van der Waals surface area contributed by atoms with E-state index in [2.05, 4.69) is 24.4 Å². The van der Waals surface area contributed by atoms with E-state index in [1.165, 1.54) is 11.1 Å². The summed E-state index contributed by atoms with van der Waals surface area (Å²) in [5.41, 5.74) is 2.49. The van der Waals surface area contributed by atoms with Crippen LogP contribution >= 0.6 is 0 Å². The van der Waals surface area contributed by atoms with Gasteiger partial charge in [-0.15, -0.1) is 0 Å². The van der Waals surface area contributed by atoms with E-state index < -0.39 is 0 Å². The van der Waals surface area contributed by atoms with Crippen molar-refractivity contribution in [2.24, 2.45) is 0 Å². The molecule has 0 bridgehead atoms. The van der Waals surface area contributed by atoms with Crippen molar-refractivity contribution in [1.82, 2.24) is 10.2 Å². The van der Waals surface area contributed by atoms with Crippen molar-refractivity contribution in [3.63, 3.8) is 0 Å². The van der Waals surface area contributed by atoms with E-state index >= 15 is 0 Å². The molecule has 1 aromatic carbocycles. The molecule has 0 spiro atoms. The van der Waals surface area contributed by atoms with Crippen LogP contribution in [0.5, 0.6) is 0 Å². The summed E-state index contributed by atoms with van der Waals surface area (Å²) in [6.45, 7) is 5.12. The van der Waals surface area contributed by atoms with Crippen LogP contribution in [0.1, 0.15) is 37.3 Å². The first-order valence-electron chi connectivity index (χ1n) is 7.65. The van der Waals surface area contributed by atoms with Crippen molar-refractivity contribution >= 4 is 11.8 Å². The number of carbonyl (C=O) groups is 2. The molecule has 0 radical (unpaired) electrons. The number of hydrogen-bond donors (Lipinski definition) is 1. The minimum Gasteiger partial charge on any atom is -0.353 e. The Hall–Kier alpha value is -1.84. The van der Waals surface area contributed by atoms with Gasteiger partial charge in [-0.25, -0.2) is 0 Å². The second-order valence-corrected chi connectivity index (χ2v) is 5.78. The fourth-order valence-electron chi connectivity index (χ4n) is 2.85. The van der Waals surface area contributed by atoms with Crippen LogP contribution < -0.4 is 5.32 Å². The van der Waals surface area contributed by atoms with Gasteiger partial charge in [0.25, 0.3) is 0 Å². The molecule has 21 heavy (non-hydrogen) atoms. The highest BCUT2D eigenvalue weighted by Gasteiger charge is 2.22. The third kappa shape index (κ3) is 4.59. The fraction of sp³-hybridized carbons (Fsp3) is 0.529. The molecule has 1 heterocycles. The van der Waals surface area contributed by atoms with Gasteiger partial charge in [-0.3, -0.25) is 9.59 Å². The lowest BCUT2D eigenvalue weighted by Gasteiger charge is -2.32. The zero-order valence-electron chi connectivity index (χ0n) is 12.9. The third-order valence-corrected chi connectivity index (χ3v) is 4.12. The number of benzene rings is 1. The molecule has 0 unspecified atom stereocenters. The lowest BCUT2D eigenvalue weighted by Crippen LogP contribution is -2.46. The number of nitrogens with one attached hydrogen (secondary N) is 1. The maximum Gasteiger partial charge on any atom is 0.222 e. The fourth-order valence-corrected chi connectivity index (χ4v) is 2.85. The van der Waals surface area contributed by atoms with E-state index in [-0.39, 0.29) is 17.9 Å². The Kier molecular flexibility index (Phi) is 5.37. The van der Waals surface area contributed by atoms with Gasteiger partial charge in [0.15, 0.2) is 0 Å². The molecule has 1 aliphatic rings. The SMILES string of the molecule is CC(=O)NC1CCN(C(=O)CCc2ccccc2C)CC1. The molecule has 2 rings (SSSR count). The van der Waals surface area contributed by atoms with Crippen molar-refractivity contribution in [1.29, 1.82) is 0 Å². The highest BCUT2D eigenvalue weighted by Crippen LogP contribution is 2.14. The van der Waals surface area contributed by atoms with Gasteiger partial charge in [0.05, 0.1) is 0 Å². The Morgan fingerprint density at radius 1 is 1.24 bits per heavy atom. The lowest BCUT2D eigenvalue weighted by atomic mass is 10.0. The van der Waals surface area contributed by atoms with Crippen molar-refractivity contribution in [3.8, 4) is 0 Å². The van der Waals surface area contributed by atoms with Gasteiger partial charge in [-0.2, -0.15) is 0 Å². The maximum absolute atomic E-state index is 12.3. The second-order valence-electron chi connectivity index (χ2n) is 5.78. The molecule has 0 aromatic heterocycles. The number of likely N-dealkylation sites (tertiary alicyclic amines) is 1. The average Bonchev–Trinajstić information content (AvgIpc) is 2.46. The van der Waals surface area contributed by atoms with Gasteiger partial charge in [0, 0.05) is 32.5 Å². The largest absolute Gasteiger partial charge is 0.353 e. The summed E-state index contributed by atoms with van der Waals surface area (Å²) in [5.74, 6) is 0.235. The predicted octanol–water partition coefficient (Wildman–Crippen LogP) is 2.05. The van der Waals surface area contributed by atoms with Crippen LogP contribution in [0.4, 0.5) is 0 Å². The summed E-state index contributed by atoms with van der Waals surface area (Å²) >= 11 is 0. The Bertz CT molecular complexity index is 505. The number of carbonyl (C=O) groups excluding carboxylic acids is 2. The molecule has 114 valence electrons. The molecule has 0 aliphatic carbocycles.